The van der Waals surface area contributed by atoms with E-state index in [2.05, 4.69) is 18.3 Å². The second-order valence-corrected chi connectivity index (χ2v) is 5.04. The summed E-state index contributed by atoms with van der Waals surface area (Å²) in [5, 5.41) is 2.97. The zero-order chi connectivity index (χ0) is 13.3. The van der Waals surface area contributed by atoms with Gasteiger partial charge in [-0.2, -0.15) is 0 Å². The lowest BCUT2D eigenvalue weighted by molar-refractivity contribution is -0.122. The molecule has 2 atom stereocenters. The summed E-state index contributed by atoms with van der Waals surface area (Å²) in [7, 11) is 0. The van der Waals surface area contributed by atoms with Gasteiger partial charge in [0.2, 0.25) is 5.91 Å². The van der Waals surface area contributed by atoms with Crippen LogP contribution in [-0.2, 0) is 4.79 Å². The summed E-state index contributed by atoms with van der Waals surface area (Å²) in [6, 6.07) is 3.92. The minimum Gasteiger partial charge on any atom is -0.490 e. The molecule has 0 saturated carbocycles. The van der Waals surface area contributed by atoms with Crippen LogP contribution >= 0.6 is 12.4 Å². The number of hydrogen-bond donors (Lipinski definition) is 2. The van der Waals surface area contributed by atoms with Gasteiger partial charge in [0.05, 0.1) is 6.04 Å². The molecule has 0 saturated heterocycles. The highest BCUT2D eigenvalue weighted by Gasteiger charge is 2.27. The summed E-state index contributed by atoms with van der Waals surface area (Å²) in [4.78, 5) is 11.7. The van der Waals surface area contributed by atoms with Crippen LogP contribution in [0.3, 0.4) is 0 Å². The number of benzene rings is 1. The Morgan fingerprint density at radius 2 is 2.21 bits per heavy atom. The third-order valence-corrected chi connectivity index (χ3v) is 3.32. The number of fused-ring (bicyclic) bond motifs is 1. The molecule has 1 aromatic carbocycles. The largest absolute Gasteiger partial charge is 0.490 e. The van der Waals surface area contributed by atoms with E-state index in [1.165, 1.54) is 5.56 Å². The summed E-state index contributed by atoms with van der Waals surface area (Å²) < 4.78 is 5.68. The van der Waals surface area contributed by atoms with Crippen LogP contribution in [0.25, 0.3) is 0 Å². The van der Waals surface area contributed by atoms with Crippen molar-refractivity contribution < 1.29 is 9.53 Å². The SMILES string of the molecule is Cc1ccc2c(c1C)OCC2NC(=O)CC(C)N.Cl. The Kier molecular flexibility index (Phi) is 5.20. The van der Waals surface area contributed by atoms with Crippen LogP contribution < -0.4 is 15.8 Å². The van der Waals surface area contributed by atoms with Gasteiger partial charge in [-0.25, -0.2) is 0 Å². The van der Waals surface area contributed by atoms with Crippen LogP contribution in [0.4, 0.5) is 0 Å². The summed E-state index contributed by atoms with van der Waals surface area (Å²) in [5.74, 6) is 0.894. The maximum absolute atomic E-state index is 11.7. The smallest absolute Gasteiger partial charge is 0.222 e. The molecule has 19 heavy (non-hydrogen) atoms. The number of ether oxygens (including phenoxy) is 1. The van der Waals surface area contributed by atoms with E-state index in [1.807, 2.05) is 19.9 Å². The Morgan fingerprint density at radius 3 is 2.84 bits per heavy atom. The lowest BCUT2D eigenvalue weighted by atomic mass is 10.0. The highest BCUT2D eigenvalue weighted by Crippen LogP contribution is 2.36. The van der Waals surface area contributed by atoms with Crippen LogP contribution in [0.2, 0.25) is 0 Å². The first kappa shape index (κ1) is 15.8. The third kappa shape index (κ3) is 3.39. The van der Waals surface area contributed by atoms with Gasteiger partial charge < -0.3 is 15.8 Å². The topological polar surface area (TPSA) is 64.3 Å². The maximum atomic E-state index is 11.7. The first-order valence-electron chi connectivity index (χ1n) is 6.27. The van der Waals surface area contributed by atoms with Crippen LogP contribution in [0.15, 0.2) is 12.1 Å². The first-order chi connectivity index (χ1) is 8.49. The van der Waals surface area contributed by atoms with Crippen LogP contribution in [0.1, 0.15) is 36.1 Å². The molecule has 0 fully saturated rings. The Morgan fingerprint density at radius 1 is 1.53 bits per heavy atom. The van der Waals surface area contributed by atoms with E-state index in [0.717, 1.165) is 16.9 Å². The van der Waals surface area contributed by atoms with E-state index in [9.17, 15) is 4.79 Å². The van der Waals surface area contributed by atoms with Crippen molar-refractivity contribution in [1.82, 2.24) is 5.32 Å². The van der Waals surface area contributed by atoms with Crippen molar-refractivity contribution in [2.24, 2.45) is 5.73 Å². The van der Waals surface area contributed by atoms with Crippen LogP contribution in [-0.4, -0.2) is 18.6 Å². The molecule has 5 heteroatoms. The third-order valence-electron chi connectivity index (χ3n) is 3.32. The number of halogens is 1. The van der Waals surface area contributed by atoms with Crippen molar-refractivity contribution in [2.75, 3.05) is 6.61 Å². The summed E-state index contributed by atoms with van der Waals surface area (Å²) in [6.07, 6.45) is 0.344. The van der Waals surface area contributed by atoms with Crippen molar-refractivity contribution >= 4 is 18.3 Å². The lowest BCUT2D eigenvalue weighted by Crippen LogP contribution is -2.33. The Labute approximate surface area is 120 Å². The molecular weight excluding hydrogens is 264 g/mol. The number of amides is 1. The van der Waals surface area contributed by atoms with E-state index < -0.39 is 0 Å². The summed E-state index contributed by atoms with van der Waals surface area (Å²) >= 11 is 0. The molecule has 3 N–H and O–H groups in total. The summed E-state index contributed by atoms with van der Waals surface area (Å²) in [6.45, 7) is 6.43. The number of hydrogen-bond acceptors (Lipinski definition) is 3. The van der Waals surface area contributed by atoms with Crippen molar-refractivity contribution in [3.63, 3.8) is 0 Å². The molecule has 0 aromatic heterocycles. The average Bonchev–Trinajstić information content (AvgIpc) is 2.66. The second kappa shape index (κ2) is 6.26. The normalized spacial score (nSPS) is 18.0. The van der Waals surface area contributed by atoms with Crippen molar-refractivity contribution in [3.8, 4) is 5.75 Å². The maximum Gasteiger partial charge on any atom is 0.222 e. The number of nitrogens with one attached hydrogen (secondary N) is 1. The van der Waals surface area contributed by atoms with E-state index in [0.29, 0.717) is 13.0 Å². The quantitative estimate of drug-likeness (QED) is 0.892. The Balaban J connectivity index is 0.00000180. The standard InChI is InChI=1S/C14H20N2O2.ClH/c1-8-4-5-11-12(7-18-14(11)10(8)3)16-13(17)6-9(2)15;/h4-5,9,12H,6-7,15H2,1-3H3,(H,16,17);1H. The van der Waals surface area contributed by atoms with Gasteiger partial charge in [-0.1, -0.05) is 12.1 Å². The molecule has 106 valence electrons. The van der Waals surface area contributed by atoms with Gasteiger partial charge in [-0.05, 0) is 31.9 Å². The highest BCUT2D eigenvalue weighted by atomic mass is 35.5. The Hall–Kier alpha value is -1.26. The van der Waals surface area contributed by atoms with Crippen molar-refractivity contribution in [2.45, 2.75) is 39.3 Å². The molecule has 0 aliphatic carbocycles. The van der Waals surface area contributed by atoms with E-state index in [4.69, 9.17) is 10.5 Å². The number of nitrogens with two attached hydrogens (primary N) is 1. The van der Waals surface area contributed by atoms with Crippen molar-refractivity contribution in [3.05, 3.63) is 28.8 Å². The molecule has 0 radical (unpaired) electrons. The first-order valence-corrected chi connectivity index (χ1v) is 6.27. The average molecular weight is 285 g/mol. The molecule has 1 aliphatic rings. The minimum atomic E-state index is -0.119. The second-order valence-electron chi connectivity index (χ2n) is 5.04. The van der Waals surface area contributed by atoms with Gasteiger partial charge in [0, 0.05) is 18.0 Å². The van der Waals surface area contributed by atoms with Gasteiger partial charge in [0.25, 0.3) is 0 Å². The predicted octanol–water partition coefficient (Wildman–Crippen LogP) is 2.01. The number of rotatable bonds is 3. The molecule has 4 nitrogen and oxygen atoms in total. The fourth-order valence-electron chi connectivity index (χ4n) is 2.20. The molecule has 2 unspecified atom stereocenters. The molecule has 1 heterocycles. The minimum absolute atomic E-state index is 0. The zero-order valence-electron chi connectivity index (χ0n) is 11.5. The number of carbonyl (C=O) groups excluding carboxylic acids is 1. The lowest BCUT2D eigenvalue weighted by Gasteiger charge is -2.13. The molecule has 1 amide bonds. The monoisotopic (exact) mass is 284 g/mol. The fraction of sp³-hybridized carbons (Fsp3) is 0.500. The highest BCUT2D eigenvalue weighted by molar-refractivity contribution is 5.85. The number of carbonyl (C=O) groups is 1. The zero-order valence-corrected chi connectivity index (χ0v) is 12.3. The Bertz CT molecular complexity index is 475. The fourth-order valence-corrected chi connectivity index (χ4v) is 2.20. The van der Waals surface area contributed by atoms with E-state index >= 15 is 0 Å². The molecule has 2 rings (SSSR count). The van der Waals surface area contributed by atoms with Gasteiger partial charge >= 0.3 is 0 Å². The van der Waals surface area contributed by atoms with Crippen LogP contribution in [0, 0.1) is 13.8 Å². The van der Waals surface area contributed by atoms with Crippen LogP contribution in [0.5, 0.6) is 5.75 Å². The molecule has 1 aliphatic heterocycles. The predicted molar refractivity (Wildman–Crippen MR) is 77.8 cm³/mol. The molecule has 0 spiro atoms. The van der Waals surface area contributed by atoms with Gasteiger partial charge in [0.1, 0.15) is 12.4 Å². The molecule has 0 bridgehead atoms. The van der Waals surface area contributed by atoms with E-state index in [-0.39, 0.29) is 30.4 Å². The number of aryl methyl sites for hydroxylation is 1. The van der Waals surface area contributed by atoms with Gasteiger partial charge in [-0.3, -0.25) is 4.79 Å². The molecule has 1 aromatic rings. The summed E-state index contributed by atoms with van der Waals surface area (Å²) in [5.41, 5.74) is 9.03. The van der Waals surface area contributed by atoms with Gasteiger partial charge in [0.15, 0.2) is 0 Å². The van der Waals surface area contributed by atoms with Gasteiger partial charge in [-0.15, -0.1) is 12.4 Å². The van der Waals surface area contributed by atoms with E-state index in [1.54, 1.807) is 0 Å². The molecular formula is C14H21ClN2O2. The van der Waals surface area contributed by atoms with Crippen molar-refractivity contribution in [1.29, 1.82) is 0 Å².